The molecule has 0 aromatic heterocycles. The van der Waals surface area contributed by atoms with E-state index in [1.54, 1.807) is 6.07 Å². The molecule has 0 aliphatic carbocycles. The number of carbonyl (C=O) groups excluding carboxylic acids is 3. The number of barbiturate groups is 1. The van der Waals surface area contributed by atoms with Crippen molar-refractivity contribution in [3.05, 3.63) is 85.9 Å². The molecule has 1 heterocycles. The van der Waals surface area contributed by atoms with Crippen molar-refractivity contribution in [2.75, 3.05) is 4.90 Å². The normalized spacial score (nSPS) is 15.9. The van der Waals surface area contributed by atoms with Crippen LogP contribution in [0.4, 0.5) is 16.2 Å². The van der Waals surface area contributed by atoms with Crippen molar-refractivity contribution in [2.24, 2.45) is 0 Å². The van der Waals surface area contributed by atoms with Gasteiger partial charge in [0.05, 0.1) is 26.2 Å². The van der Waals surface area contributed by atoms with Gasteiger partial charge < -0.3 is 0 Å². The number of urea groups is 1. The van der Waals surface area contributed by atoms with Gasteiger partial charge in [0.1, 0.15) is 5.57 Å². The van der Waals surface area contributed by atoms with Crippen LogP contribution in [0.1, 0.15) is 5.56 Å². The molecule has 2 aromatic rings. The first kappa shape index (κ1) is 20.2. The molecule has 3 rings (SSSR count). The fraction of sp³-hybridized carbons (Fsp3) is 0. The zero-order chi connectivity index (χ0) is 21.1. The summed E-state index contributed by atoms with van der Waals surface area (Å²) < 4.78 is 0. The summed E-state index contributed by atoms with van der Waals surface area (Å²) in [6.45, 7) is 0. The van der Waals surface area contributed by atoms with E-state index < -0.39 is 22.8 Å². The molecule has 29 heavy (non-hydrogen) atoms. The van der Waals surface area contributed by atoms with Gasteiger partial charge in [-0.3, -0.25) is 25.0 Å². The largest absolute Gasteiger partial charge is 0.336 e. The van der Waals surface area contributed by atoms with Crippen molar-refractivity contribution in [2.45, 2.75) is 0 Å². The van der Waals surface area contributed by atoms with Gasteiger partial charge in [0, 0.05) is 6.07 Å². The molecule has 1 aliphatic heterocycles. The molecule has 10 heteroatoms. The molecule has 0 saturated carbocycles. The summed E-state index contributed by atoms with van der Waals surface area (Å²) in [4.78, 5) is 48.3. The molecule has 1 aliphatic rings. The topological polar surface area (TPSA) is 110 Å². The summed E-state index contributed by atoms with van der Waals surface area (Å²) in [6.07, 6.45) is 3.84. The van der Waals surface area contributed by atoms with Gasteiger partial charge in [-0.15, -0.1) is 0 Å². The minimum atomic E-state index is -0.969. The number of para-hydroxylation sites is 1. The maximum absolute atomic E-state index is 12.8. The lowest BCUT2D eigenvalue weighted by atomic mass is 10.1. The van der Waals surface area contributed by atoms with Crippen LogP contribution in [0.25, 0.3) is 6.08 Å². The van der Waals surface area contributed by atoms with Gasteiger partial charge in [-0.2, -0.15) is 0 Å². The number of nitrogens with one attached hydrogen (secondary N) is 1. The van der Waals surface area contributed by atoms with Crippen LogP contribution in [0.15, 0.2) is 60.2 Å². The standard InChI is InChI=1S/C19H11Cl2N3O5/c20-13-8-4-10-15(16(13)21)23-18(26)12(17(25)22-19(23)27)7-3-6-11-5-1-2-9-14(11)24(28)29/h1-10H,(H,22,25,27)/b6-3+,12-7+. The third kappa shape index (κ3) is 4.03. The average molecular weight is 432 g/mol. The van der Waals surface area contributed by atoms with Gasteiger partial charge in [-0.05, 0) is 30.4 Å². The molecule has 0 spiro atoms. The van der Waals surface area contributed by atoms with Gasteiger partial charge in [0.15, 0.2) is 0 Å². The smallest absolute Gasteiger partial charge is 0.273 e. The third-order valence-corrected chi connectivity index (χ3v) is 4.75. The van der Waals surface area contributed by atoms with E-state index in [9.17, 15) is 24.5 Å². The maximum Gasteiger partial charge on any atom is 0.336 e. The van der Waals surface area contributed by atoms with E-state index in [1.807, 2.05) is 5.32 Å². The number of nitro groups is 1. The number of imide groups is 2. The Morgan fingerprint density at radius 1 is 1.03 bits per heavy atom. The zero-order valence-corrected chi connectivity index (χ0v) is 16.0. The van der Waals surface area contributed by atoms with E-state index >= 15 is 0 Å². The highest BCUT2D eigenvalue weighted by molar-refractivity contribution is 6.46. The zero-order valence-electron chi connectivity index (χ0n) is 14.5. The minimum Gasteiger partial charge on any atom is -0.273 e. The van der Waals surface area contributed by atoms with Crippen LogP contribution in [0.5, 0.6) is 0 Å². The molecule has 0 radical (unpaired) electrons. The van der Waals surface area contributed by atoms with Crippen molar-refractivity contribution in [1.29, 1.82) is 0 Å². The molecule has 4 amide bonds. The fourth-order valence-corrected chi connectivity index (χ4v) is 2.98. The highest BCUT2D eigenvalue weighted by atomic mass is 35.5. The average Bonchev–Trinajstić information content (AvgIpc) is 2.67. The van der Waals surface area contributed by atoms with Gasteiger partial charge in [0.25, 0.3) is 17.5 Å². The van der Waals surface area contributed by atoms with Crippen LogP contribution in [0.2, 0.25) is 10.0 Å². The number of halogens is 2. The van der Waals surface area contributed by atoms with E-state index in [-0.39, 0.29) is 32.6 Å². The lowest BCUT2D eigenvalue weighted by molar-refractivity contribution is -0.385. The van der Waals surface area contributed by atoms with Crippen LogP contribution in [0.3, 0.4) is 0 Å². The van der Waals surface area contributed by atoms with Gasteiger partial charge in [0.2, 0.25) is 0 Å². The molecule has 1 fully saturated rings. The SMILES string of the molecule is O=C1NC(=O)N(c2cccc(Cl)c2Cl)C(=O)/C1=C/C=C/c1ccccc1[N+](=O)[O-]. The number of allylic oxidation sites excluding steroid dienone is 2. The first-order valence-corrected chi connectivity index (χ1v) is 8.82. The quantitative estimate of drug-likeness (QED) is 0.338. The van der Waals surface area contributed by atoms with Crippen LogP contribution >= 0.6 is 23.2 Å². The molecule has 0 bridgehead atoms. The van der Waals surface area contributed by atoms with Crippen LogP contribution in [0, 0.1) is 10.1 Å². The van der Waals surface area contributed by atoms with E-state index in [0.717, 1.165) is 6.08 Å². The summed E-state index contributed by atoms with van der Waals surface area (Å²) in [5.74, 6) is -1.81. The van der Waals surface area contributed by atoms with E-state index in [1.165, 1.54) is 48.6 Å². The number of hydrogen-bond acceptors (Lipinski definition) is 5. The fourth-order valence-electron chi connectivity index (χ4n) is 2.60. The Kier molecular flexibility index (Phi) is 5.76. The summed E-state index contributed by atoms with van der Waals surface area (Å²) >= 11 is 12.0. The Labute approximate surface area is 174 Å². The number of hydrogen-bond donors (Lipinski definition) is 1. The third-order valence-electron chi connectivity index (χ3n) is 3.95. The number of amides is 4. The lowest BCUT2D eigenvalue weighted by Crippen LogP contribution is -2.54. The van der Waals surface area contributed by atoms with Crippen molar-refractivity contribution in [3.8, 4) is 0 Å². The molecular weight excluding hydrogens is 421 g/mol. The Morgan fingerprint density at radius 2 is 1.76 bits per heavy atom. The molecule has 146 valence electrons. The monoisotopic (exact) mass is 431 g/mol. The molecule has 1 saturated heterocycles. The van der Waals surface area contributed by atoms with Gasteiger partial charge in [-0.25, -0.2) is 9.69 Å². The predicted molar refractivity (Wildman–Crippen MR) is 108 cm³/mol. The number of anilines is 1. The Bertz CT molecular complexity index is 1110. The number of benzene rings is 2. The van der Waals surface area contributed by atoms with Gasteiger partial charge in [-0.1, -0.05) is 47.5 Å². The Hall–Kier alpha value is -3.49. The first-order chi connectivity index (χ1) is 13.8. The number of rotatable bonds is 4. The van der Waals surface area contributed by atoms with Crippen LogP contribution in [-0.2, 0) is 9.59 Å². The van der Waals surface area contributed by atoms with Crippen molar-refractivity contribution >= 4 is 58.5 Å². The second kappa shape index (κ2) is 8.26. The summed E-state index contributed by atoms with van der Waals surface area (Å²) in [7, 11) is 0. The molecule has 0 atom stereocenters. The molecule has 2 aromatic carbocycles. The number of nitro benzene ring substituents is 1. The second-order valence-electron chi connectivity index (χ2n) is 5.73. The Morgan fingerprint density at radius 3 is 2.48 bits per heavy atom. The van der Waals surface area contributed by atoms with E-state index in [4.69, 9.17) is 23.2 Å². The summed E-state index contributed by atoms with van der Waals surface area (Å²) in [5.41, 5.74) is -0.189. The highest BCUT2D eigenvalue weighted by Gasteiger charge is 2.37. The minimum absolute atomic E-state index is 0.0164. The number of nitrogens with zero attached hydrogens (tertiary/aromatic N) is 2. The first-order valence-electron chi connectivity index (χ1n) is 8.07. The van der Waals surface area contributed by atoms with Crippen LogP contribution in [-0.4, -0.2) is 22.8 Å². The molecule has 8 nitrogen and oxygen atoms in total. The number of carbonyl (C=O) groups is 3. The molecular formula is C19H11Cl2N3O5. The van der Waals surface area contributed by atoms with E-state index in [0.29, 0.717) is 4.90 Å². The molecule has 1 N–H and O–H groups in total. The van der Waals surface area contributed by atoms with Crippen molar-refractivity contribution in [1.82, 2.24) is 5.32 Å². The molecule has 0 unspecified atom stereocenters. The predicted octanol–water partition coefficient (Wildman–Crippen LogP) is 4.12. The maximum atomic E-state index is 12.8. The van der Waals surface area contributed by atoms with Crippen molar-refractivity contribution in [3.63, 3.8) is 0 Å². The summed E-state index contributed by atoms with van der Waals surface area (Å²) in [6, 6.07) is 9.38. The highest BCUT2D eigenvalue weighted by Crippen LogP contribution is 2.34. The summed E-state index contributed by atoms with van der Waals surface area (Å²) in [5, 5.41) is 13.2. The Balaban J connectivity index is 1.96. The van der Waals surface area contributed by atoms with Crippen molar-refractivity contribution < 1.29 is 19.3 Å². The van der Waals surface area contributed by atoms with Crippen LogP contribution < -0.4 is 10.2 Å². The second-order valence-corrected chi connectivity index (χ2v) is 6.51. The lowest BCUT2D eigenvalue weighted by Gasteiger charge is -2.27. The van der Waals surface area contributed by atoms with Gasteiger partial charge >= 0.3 is 6.03 Å². The van der Waals surface area contributed by atoms with E-state index in [2.05, 4.69) is 0 Å².